The van der Waals surface area contributed by atoms with Crippen molar-refractivity contribution in [1.82, 2.24) is 10.3 Å². The molecular formula is C17H22N2O2. The van der Waals surface area contributed by atoms with Crippen molar-refractivity contribution in [2.24, 2.45) is 5.92 Å². The molecule has 0 fully saturated rings. The number of rotatable bonds is 4. The van der Waals surface area contributed by atoms with Crippen LogP contribution >= 0.6 is 0 Å². The molecule has 0 saturated heterocycles. The van der Waals surface area contributed by atoms with Gasteiger partial charge in [-0.05, 0) is 42.3 Å². The Labute approximate surface area is 124 Å². The van der Waals surface area contributed by atoms with Crippen LogP contribution in [0.1, 0.15) is 37.0 Å². The van der Waals surface area contributed by atoms with E-state index in [0.29, 0.717) is 17.9 Å². The van der Waals surface area contributed by atoms with E-state index < -0.39 is 0 Å². The van der Waals surface area contributed by atoms with Crippen LogP contribution < -0.4 is 10.9 Å². The molecule has 0 aliphatic carbocycles. The summed E-state index contributed by atoms with van der Waals surface area (Å²) >= 11 is 0. The number of pyridine rings is 1. The van der Waals surface area contributed by atoms with Gasteiger partial charge in [0, 0.05) is 18.5 Å². The van der Waals surface area contributed by atoms with Crippen molar-refractivity contribution in [3.05, 3.63) is 45.2 Å². The number of aromatic amines is 1. The highest BCUT2D eigenvalue weighted by atomic mass is 16.1. The van der Waals surface area contributed by atoms with Gasteiger partial charge in [-0.2, -0.15) is 0 Å². The zero-order chi connectivity index (χ0) is 15.6. The summed E-state index contributed by atoms with van der Waals surface area (Å²) in [4.78, 5) is 26.7. The van der Waals surface area contributed by atoms with Gasteiger partial charge in [0.2, 0.25) is 5.91 Å². The van der Waals surface area contributed by atoms with Crippen LogP contribution in [0.3, 0.4) is 0 Å². The Kier molecular flexibility index (Phi) is 4.46. The Morgan fingerprint density at radius 3 is 2.67 bits per heavy atom. The van der Waals surface area contributed by atoms with Gasteiger partial charge < -0.3 is 10.3 Å². The first-order chi connectivity index (χ1) is 9.88. The average Bonchev–Trinajstić information content (AvgIpc) is 2.41. The molecule has 0 unspecified atom stereocenters. The SMILES string of the molecule is Cc1ccc2cc(CNC(=O)CC(C)C)c(=O)[nH]c2c1C. The maximum Gasteiger partial charge on any atom is 0.253 e. The Bertz CT molecular complexity index is 729. The molecule has 0 saturated carbocycles. The zero-order valence-electron chi connectivity index (χ0n) is 13.0. The molecule has 1 amide bonds. The summed E-state index contributed by atoms with van der Waals surface area (Å²) in [6.45, 7) is 8.27. The van der Waals surface area contributed by atoms with Crippen LogP contribution in [0.4, 0.5) is 0 Å². The Morgan fingerprint density at radius 2 is 2.00 bits per heavy atom. The van der Waals surface area contributed by atoms with Gasteiger partial charge in [-0.15, -0.1) is 0 Å². The van der Waals surface area contributed by atoms with E-state index in [-0.39, 0.29) is 18.0 Å². The first-order valence-electron chi connectivity index (χ1n) is 7.27. The van der Waals surface area contributed by atoms with E-state index in [0.717, 1.165) is 22.0 Å². The van der Waals surface area contributed by atoms with Crippen LogP contribution in [0, 0.1) is 19.8 Å². The molecule has 4 nitrogen and oxygen atoms in total. The monoisotopic (exact) mass is 286 g/mol. The van der Waals surface area contributed by atoms with Crippen molar-refractivity contribution in [2.75, 3.05) is 0 Å². The fourth-order valence-electron chi connectivity index (χ4n) is 2.34. The van der Waals surface area contributed by atoms with Crippen molar-refractivity contribution >= 4 is 16.8 Å². The van der Waals surface area contributed by atoms with E-state index in [2.05, 4.69) is 10.3 Å². The summed E-state index contributed by atoms with van der Waals surface area (Å²) in [5.41, 5.74) is 3.55. The minimum Gasteiger partial charge on any atom is -0.352 e. The molecule has 0 radical (unpaired) electrons. The van der Waals surface area contributed by atoms with Crippen LogP contribution in [-0.2, 0) is 11.3 Å². The molecule has 0 aliphatic heterocycles. The van der Waals surface area contributed by atoms with Gasteiger partial charge in [0.1, 0.15) is 0 Å². The molecule has 0 spiro atoms. The maximum absolute atomic E-state index is 12.1. The van der Waals surface area contributed by atoms with Gasteiger partial charge in [0.25, 0.3) is 5.56 Å². The van der Waals surface area contributed by atoms with Crippen molar-refractivity contribution in [2.45, 2.75) is 40.7 Å². The Morgan fingerprint density at radius 1 is 1.29 bits per heavy atom. The fraction of sp³-hybridized carbons (Fsp3) is 0.412. The number of hydrogen-bond donors (Lipinski definition) is 2. The molecule has 112 valence electrons. The normalized spacial score (nSPS) is 11.1. The summed E-state index contributed by atoms with van der Waals surface area (Å²) in [6, 6.07) is 5.89. The van der Waals surface area contributed by atoms with Gasteiger partial charge in [0.15, 0.2) is 0 Å². The lowest BCUT2D eigenvalue weighted by molar-refractivity contribution is -0.121. The largest absolute Gasteiger partial charge is 0.352 e. The number of amides is 1. The predicted octanol–water partition coefficient (Wildman–Crippen LogP) is 2.81. The summed E-state index contributed by atoms with van der Waals surface area (Å²) < 4.78 is 0. The van der Waals surface area contributed by atoms with E-state index in [4.69, 9.17) is 0 Å². The topological polar surface area (TPSA) is 62.0 Å². The number of aryl methyl sites for hydroxylation is 2. The fourth-order valence-corrected chi connectivity index (χ4v) is 2.34. The first-order valence-corrected chi connectivity index (χ1v) is 7.27. The molecule has 21 heavy (non-hydrogen) atoms. The number of benzene rings is 1. The molecule has 4 heteroatoms. The van der Waals surface area contributed by atoms with E-state index in [1.165, 1.54) is 0 Å². The molecule has 1 aromatic heterocycles. The lowest BCUT2D eigenvalue weighted by Gasteiger charge is -2.09. The number of carbonyl (C=O) groups excluding carboxylic acids is 1. The highest BCUT2D eigenvalue weighted by molar-refractivity contribution is 5.83. The molecule has 0 bridgehead atoms. The zero-order valence-corrected chi connectivity index (χ0v) is 13.0. The Hall–Kier alpha value is -2.10. The number of carbonyl (C=O) groups is 1. The van der Waals surface area contributed by atoms with Crippen LogP contribution in [-0.4, -0.2) is 10.9 Å². The average molecular weight is 286 g/mol. The number of hydrogen-bond acceptors (Lipinski definition) is 2. The van der Waals surface area contributed by atoms with Crippen molar-refractivity contribution in [3.63, 3.8) is 0 Å². The quantitative estimate of drug-likeness (QED) is 0.908. The van der Waals surface area contributed by atoms with Crippen molar-refractivity contribution in [3.8, 4) is 0 Å². The van der Waals surface area contributed by atoms with E-state index in [1.54, 1.807) is 0 Å². The second kappa shape index (κ2) is 6.12. The molecule has 0 atom stereocenters. The molecular weight excluding hydrogens is 264 g/mol. The van der Waals surface area contributed by atoms with Gasteiger partial charge in [-0.3, -0.25) is 9.59 Å². The Balaban J connectivity index is 2.26. The van der Waals surface area contributed by atoms with Crippen molar-refractivity contribution in [1.29, 1.82) is 0 Å². The molecule has 2 aromatic rings. The summed E-state index contributed by atoms with van der Waals surface area (Å²) in [6.07, 6.45) is 0.476. The highest BCUT2D eigenvalue weighted by Crippen LogP contribution is 2.18. The number of H-pyrrole nitrogens is 1. The van der Waals surface area contributed by atoms with E-state index in [9.17, 15) is 9.59 Å². The summed E-state index contributed by atoms with van der Waals surface area (Å²) in [5, 5.41) is 3.79. The summed E-state index contributed by atoms with van der Waals surface area (Å²) in [5.74, 6) is 0.287. The minimum absolute atomic E-state index is 0.0235. The summed E-state index contributed by atoms with van der Waals surface area (Å²) in [7, 11) is 0. The number of fused-ring (bicyclic) bond motifs is 1. The molecule has 2 N–H and O–H groups in total. The number of nitrogens with one attached hydrogen (secondary N) is 2. The van der Waals surface area contributed by atoms with Gasteiger partial charge in [-0.1, -0.05) is 26.0 Å². The predicted molar refractivity (Wildman–Crippen MR) is 85.3 cm³/mol. The number of aromatic nitrogens is 1. The van der Waals surface area contributed by atoms with Gasteiger partial charge in [0.05, 0.1) is 5.52 Å². The smallest absolute Gasteiger partial charge is 0.253 e. The van der Waals surface area contributed by atoms with E-state index in [1.807, 2.05) is 45.9 Å². The van der Waals surface area contributed by atoms with Crippen LogP contribution in [0.2, 0.25) is 0 Å². The van der Waals surface area contributed by atoms with Gasteiger partial charge >= 0.3 is 0 Å². The third-order valence-corrected chi connectivity index (χ3v) is 3.70. The maximum atomic E-state index is 12.1. The molecule has 1 heterocycles. The van der Waals surface area contributed by atoms with Crippen LogP contribution in [0.15, 0.2) is 23.0 Å². The third kappa shape index (κ3) is 3.51. The van der Waals surface area contributed by atoms with Crippen molar-refractivity contribution < 1.29 is 4.79 Å². The second-order valence-electron chi connectivity index (χ2n) is 5.97. The standard InChI is InChI=1S/C17H22N2O2/c1-10(2)7-15(20)18-9-14-8-13-6-5-11(3)12(4)16(13)19-17(14)21/h5-6,8,10H,7,9H2,1-4H3,(H,18,20)(H,19,21). The second-order valence-corrected chi connectivity index (χ2v) is 5.97. The van der Waals surface area contributed by atoms with Crippen LogP contribution in [0.5, 0.6) is 0 Å². The molecule has 1 aromatic carbocycles. The molecule has 2 rings (SSSR count). The first kappa shape index (κ1) is 15.3. The van der Waals surface area contributed by atoms with Crippen LogP contribution in [0.25, 0.3) is 10.9 Å². The lowest BCUT2D eigenvalue weighted by Crippen LogP contribution is -2.27. The van der Waals surface area contributed by atoms with E-state index >= 15 is 0 Å². The lowest BCUT2D eigenvalue weighted by atomic mass is 10.0. The minimum atomic E-state index is -0.138. The van der Waals surface area contributed by atoms with Gasteiger partial charge in [-0.25, -0.2) is 0 Å². The third-order valence-electron chi connectivity index (χ3n) is 3.70. The highest BCUT2D eigenvalue weighted by Gasteiger charge is 2.08. The molecule has 0 aliphatic rings.